The van der Waals surface area contributed by atoms with Crippen LogP contribution < -0.4 is 9.62 Å². The van der Waals surface area contributed by atoms with Crippen LogP contribution in [-0.2, 0) is 26.2 Å². The SMILES string of the molecule is CC(C(=O)NC1CCCC1)N(Cc1ccc(Cl)c(Cl)c1)C(=O)CN(c1cccc(Cl)c1)S(C)(=O)=O. The van der Waals surface area contributed by atoms with Gasteiger partial charge in [0.1, 0.15) is 12.6 Å². The molecule has 0 radical (unpaired) electrons. The minimum atomic E-state index is -3.83. The topological polar surface area (TPSA) is 86.8 Å². The molecule has 1 atom stereocenters. The average Bonchev–Trinajstić information content (AvgIpc) is 3.29. The molecule has 11 heteroatoms. The Hall–Kier alpha value is -2.00. The summed E-state index contributed by atoms with van der Waals surface area (Å²) in [6.07, 6.45) is 4.91. The van der Waals surface area contributed by atoms with Gasteiger partial charge in [-0.05, 0) is 55.7 Å². The van der Waals surface area contributed by atoms with E-state index in [-0.39, 0.29) is 24.2 Å². The molecular weight excluding hydrogens is 533 g/mol. The fourth-order valence-corrected chi connectivity index (χ4v) is 5.40. The molecular formula is C24H28Cl3N3O4S. The van der Waals surface area contributed by atoms with Crippen molar-refractivity contribution in [3.8, 4) is 0 Å². The maximum atomic E-state index is 13.5. The smallest absolute Gasteiger partial charge is 0.244 e. The van der Waals surface area contributed by atoms with Crippen molar-refractivity contribution in [2.75, 3.05) is 17.1 Å². The van der Waals surface area contributed by atoms with Crippen LogP contribution in [0, 0.1) is 0 Å². The Balaban J connectivity index is 1.89. The summed E-state index contributed by atoms with van der Waals surface area (Å²) in [5.41, 5.74) is 0.910. The number of sulfonamides is 1. The normalized spacial score (nSPS) is 15.0. The van der Waals surface area contributed by atoms with Crippen molar-refractivity contribution in [1.82, 2.24) is 10.2 Å². The minimum absolute atomic E-state index is 0.0438. The molecule has 1 aliphatic rings. The second-order valence-electron chi connectivity index (χ2n) is 8.69. The molecule has 1 aliphatic carbocycles. The second-order valence-corrected chi connectivity index (χ2v) is 11.8. The number of hydrogen-bond acceptors (Lipinski definition) is 4. The molecule has 1 saturated carbocycles. The number of amides is 2. The van der Waals surface area contributed by atoms with Gasteiger partial charge in [-0.15, -0.1) is 0 Å². The van der Waals surface area contributed by atoms with Crippen LogP contribution in [0.4, 0.5) is 5.69 Å². The maximum absolute atomic E-state index is 13.5. The zero-order valence-corrected chi connectivity index (χ0v) is 22.6. The molecule has 3 rings (SSSR count). The molecule has 0 saturated heterocycles. The predicted molar refractivity (Wildman–Crippen MR) is 141 cm³/mol. The van der Waals surface area contributed by atoms with Crippen LogP contribution >= 0.6 is 34.8 Å². The Morgan fingerprint density at radius 2 is 1.74 bits per heavy atom. The van der Waals surface area contributed by atoms with Gasteiger partial charge in [-0.1, -0.05) is 59.8 Å². The van der Waals surface area contributed by atoms with Crippen molar-refractivity contribution >= 4 is 62.3 Å². The quantitative estimate of drug-likeness (QED) is 0.473. The summed E-state index contributed by atoms with van der Waals surface area (Å²) >= 11 is 18.2. The first-order chi connectivity index (χ1) is 16.5. The van der Waals surface area contributed by atoms with Gasteiger partial charge in [0.2, 0.25) is 21.8 Å². The molecule has 2 aromatic carbocycles. The number of nitrogens with zero attached hydrogens (tertiary/aromatic N) is 2. The van der Waals surface area contributed by atoms with Gasteiger partial charge in [0.15, 0.2) is 0 Å². The van der Waals surface area contributed by atoms with E-state index in [4.69, 9.17) is 34.8 Å². The molecule has 0 spiro atoms. The van der Waals surface area contributed by atoms with E-state index < -0.39 is 28.5 Å². The van der Waals surface area contributed by atoms with Crippen molar-refractivity contribution in [1.29, 1.82) is 0 Å². The van der Waals surface area contributed by atoms with E-state index in [0.29, 0.717) is 20.6 Å². The Labute approximate surface area is 221 Å². The van der Waals surface area contributed by atoms with Crippen LogP contribution in [-0.4, -0.2) is 50.0 Å². The number of carbonyl (C=O) groups excluding carboxylic acids is 2. The Morgan fingerprint density at radius 3 is 2.34 bits per heavy atom. The van der Waals surface area contributed by atoms with Gasteiger partial charge in [0.25, 0.3) is 0 Å². The number of benzene rings is 2. The lowest BCUT2D eigenvalue weighted by atomic mass is 10.1. The van der Waals surface area contributed by atoms with Gasteiger partial charge in [0, 0.05) is 17.6 Å². The molecule has 0 aliphatic heterocycles. The lowest BCUT2D eigenvalue weighted by molar-refractivity contribution is -0.139. The molecule has 7 nitrogen and oxygen atoms in total. The van der Waals surface area contributed by atoms with Crippen LogP contribution in [0.25, 0.3) is 0 Å². The number of anilines is 1. The van der Waals surface area contributed by atoms with Crippen LogP contribution in [0.5, 0.6) is 0 Å². The first-order valence-corrected chi connectivity index (χ1v) is 14.2. The van der Waals surface area contributed by atoms with E-state index in [1.54, 1.807) is 43.3 Å². The van der Waals surface area contributed by atoms with Gasteiger partial charge >= 0.3 is 0 Å². The van der Waals surface area contributed by atoms with E-state index in [2.05, 4.69) is 5.32 Å². The molecule has 2 aromatic rings. The predicted octanol–water partition coefficient (Wildman–Crippen LogP) is 4.89. The highest BCUT2D eigenvalue weighted by Gasteiger charge is 2.31. The number of nitrogens with one attached hydrogen (secondary N) is 1. The molecule has 1 unspecified atom stereocenters. The second kappa shape index (κ2) is 11.8. The summed E-state index contributed by atoms with van der Waals surface area (Å²) in [6.45, 7) is 1.17. The average molecular weight is 561 g/mol. The lowest BCUT2D eigenvalue weighted by Crippen LogP contribution is -2.52. The van der Waals surface area contributed by atoms with Gasteiger partial charge in [-0.3, -0.25) is 13.9 Å². The monoisotopic (exact) mass is 559 g/mol. The zero-order chi connectivity index (χ0) is 25.8. The summed E-state index contributed by atoms with van der Waals surface area (Å²) in [5.74, 6) is -0.838. The van der Waals surface area contributed by atoms with E-state index >= 15 is 0 Å². The lowest BCUT2D eigenvalue weighted by Gasteiger charge is -2.32. The van der Waals surface area contributed by atoms with Crippen molar-refractivity contribution in [3.63, 3.8) is 0 Å². The van der Waals surface area contributed by atoms with Crippen molar-refractivity contribution in [2.45, 2.75) is 51.2 Å². The van der Waals surface area contributed by atoms with Crippen molar-refractivity contribution in [3.05, 3.63) is 63.1 Å². The van der Waals surface area contributed by atoms with E-state index in [9.17, 15) is 18.0 Å². The maximum Gasteiger partial charge on any atom is 0.244 e. The number of halogens is 3. The zero-order valence-electron chi connectivity index (χ0n) is 19.5. The first kappa shape index (κ1) is 27.6. The third kappa shape index (κ3) is 7.49. The van der Waals surface area contributed by atoms with Crippen LogP contribution in [0.15, 0.2) is 42.5 Å². The highest BCUT2D eigenvalue weighted by molar-refractivity contribution is 7.92. The Morgan fingerprint density at radius 1 is 1.06 bits per heavy atom. The molecule has 35 heavy (non-hydrogen) atoms. The highest BCUT2D eigenvalue weighted by Crippen LogP contribution is 2.25. The van der Waals surface area contributed by atoms with Crippen LogP contribution in [0.3, 0.4) is 0 Å². The third-order valence-electron chi connectivity index (χ3n) is 5.98. The number of hydrogen-bond donors (Lipinski definition) is 1. The fraction of sp³-hybridized carbons (Fsp3) is 0.417. The van der Waals surface area contributed by atoms with Gasteiger partial charge < -0.3 is 10.2 Å². The van der Waals surface area contributed by atoms with Crippen LogP contribution in [0.2, 0.25) is 15.1 Å². The standard InChI is InChI=1S/C24H28Cl3N3O4S/c1-16(24(32)28-19-7-3-4-8-19)29(14-17-10-11-21(26)22(27)12-17)23(31)15-30(35(2,33)34)20-9-5-6-18(25)13-20/h5-6,9-13,16,19H,3-4,7-8,14-15H2,1-2H3,(H,28,32). The molecule has 1 fully saturated rings. The van der Waals surface area contributed by atoms with Gasteiger partial charge in [-0.2, -0.15) is 0 Å². The van der Waals surface area contributed by atoms with Gasteiger partial charge in [-0.25, -0.2) is 8.42 Å². The Kier molecular flexibility index (Phi) is 9.32. The van der Waals surface area contributed by atoms with Crippen molar-refractivity contribution < 1.29 is 18.0 Å². The third-order valence-corrected chi connectivity index (χ3v) is 8.10. The minimum Gasteiger partial charge on any atom is -0.352 e. The summed E-state index contributed by atoms with van der Waals surface area (Å²) < 4.78 is 26.1. The van der Waals surface area contributed by atoms with Gasteiger partial charge in [0.05, 0.1) is 22.0 Å². The summed E-state index contributed by atoms with van der Waals surface area (Å²) in [6, 6.07) is 10.4. The van der Waals surface area contributed by atoms with Crippen molar-refractivity contribution in [2.24, 2.45) is 0 Å². The molecule has 190 valence electrons. The van der Waals surface area contributed by atoms with E-state index in [1.807, 2.05) is 0 Å². The molecule has 2 amide bonds. The summed E-state index contributed by atoms with van der Waals surface area (Å²) in [5, 5.41) is 4.03. The first-order valence-electron chi connectivity index (χ1n) is 11.2. The largest absolute Gasteiger partial charge is 0.352 e. The summed E-state index contributed by atoms with van der Waals surface area (Å²) in [4.78, 5) is 28.0. The Bertz CT molecular complexity index is 1190. The molecule has 0 bridgehead atoms. The van der Waals surface area contributed by atoms with Crippen LogP contribution in [0.1, 0.15) is 38.2 Å². The fourth-order valence-electron chi connectivity index (χ4n) is 4.05. The highest BCUT2D eigenvalue weighted by atomic mass is 35.5. The molecule has 1 N–H and O–H groups in total. The molecule has 0 heterocycles. The van der Waals surface area contributed by atoms with E-state index in [0.717, 1.165) is 36.2 Å². The number of carbonyl (C=O) groups is 2. The number of rotatable bonds is 9. The molecule has 0 aromatic heterocycles. The van der Waals surface area contributed by atoms with E-state index in [1.165, 1.54) is 11.0 Å². The summed E-state index contributed by atoms with van der Waals surface area (Å²) in [7, 11) is -3.83.